The Morgan fingerprint density at radius 1 is 1.33 bits per heavy atom. The van der Waals surface area contributed by atoms with Crippen molar-refractivity contribution in [3.63, 3.8) is 0 Å². The normalized spacial score (nSPS) is 29.7. The zero-order valence-corrected chi connectivity index (χ0v) is 11.6. The molecule has 0 aromatic carbocycles. The molecule has 2 atom stereocenters. The van der Waals surface area contributed by atoms with Gasteiger partial charge in [0.15, 0.2) is 0 Å². The quantitative estimate of drug-likeness (QED) is 0.802. The first-order valence-corrected chi connectivity index (χ1v) is 7.05. The van der Waals surface area contributed by atoms with Gasteiger partial charge < -0.3 is 4.52 Å². The van der Waals surface area contributed by atoms with Gasteiger partial charge in [-0.2, -0.15) is 0 Å². The third-order valence-electron chi connectivity index (χ3n) is 4.61. The van der Waals surface area contributed by atoms with E-state index in [-0.39, 0.29) is 0 Å². The Kier molecular flexibility index (Phi) is 3.16. The van der Waals surface area contributed by atoms with Crippen LogP contribution in [0.25, 0.3) is 0 Å². The first-order chi connectivity index (χ1) is 8.65. The predicted molar refractivity (Wildman–Crippen MR) is 70.4 cm³/mol. The largest absolute Gasteiger partial charge is 0.361 e. The van der Waals surface area contributed by atoms with E-state index in [1.165, 1.54) is 38.0 Å². The summed E-state index contributed by atoms with van der Waals surface area (Å²) in [4.78, 5) is 5.26. The van der Waals surface area contributed by atoms with Crippen LogP contribution in [0.2, 0.25) is 0 Å². The van der Waals surface area contributed by atoms with Crippen LogP contribution in [0.1, 0.15) is 36.8 Å². The third kappa shape index (κ3) is 2.08. The van der Waals surface area contributed by atoms with Crippen LogP contribution >= 0.6 is 0 Å². The maximum atomic E-state index is 5.27. The van der Waals surface area contributed by atoms with Gasteiger partial charge in [0.1, 0.15) is 5.76 Å². The van der Waals surface area contributed by atoms with Gasteiger partial charge in [0.05, 0.1) is 5.69 Å². The summed E-state index contributed by atoms with van der Waals surface area (Å²) < 4.78 is 5.27. The monoisotopic (exact) mass is 249 g/mol. The van der Waals surface area contributed by atoms with Crippen LogP contribution in [-0.2, 0) is 6.54 Å². The van der Waals surface area contributed by atoms with Crippen molar-refractivity contribution in [3.8, 4) is 0 Å². The Labute approximate surface area is 109 Å². The number of hydrogen-bond acceptors (Lipinski definition) is 4. The van der Waals surface area contributed by atoms with Crippen LogP contribution in [0.3, 0.4) is 0 Å². The number of fused-ring (bicyclic) bond motifs is 1. The Morgan fingerprint density at radius 3 is 2.89 bits per heavy atom. The van der Waals surface area contributed by atoms with Crippen molar-refractivity contribution < 1.29 is 4.52 Å². The minimum Gasteiger partial charge on any atom is -0.361 e. The third-order valence-corrected chi connectivity index (χ3v) is 4.61. The van der Waals surface area contributed by atoms with Gasteiger partial charge in [-0.25, -0.2) is 0 Å². The molecule has 2 unspecified atom stereocenters. The van der Waals surface area contributed by atoms with Crippen molar-refractivity contribution in [2.45, 2.75) is 52.2 Å². The summed E-state index contributed by atoms with van der Waals surface area (Å²) >= 11 is 0. The maximum Gasteiger partial charge on any atom is 0.138 e. The second-order valence-electron chi connectivity index (χ2n) is 5.87. The molecule has 2 aliphatic rings. The van der Waals surface area contributed by atoms with E-state index in [2.05, 4.69) is 21.9 Å². The standard InChI is InChI=1S/C14H23N3O/c1-10-7-16-6-4-5-13(16)8-17(10)9-14-11(2)15-18-12(14)3/h10,13H,4-9H2,1-3H3. The van der Waals surface area contributed by atoms with Crippen LogP contribution in [0.15, 0.2) is 4.52 Å². The molecule has 2 saturated heterocycles. The van der Waals surface area contributed by atoms with Gasteiger partial charge in [-0.3, -0.25) is 9.80 Å². The molecule has 18 heavy (non-hydrogen) atoms. The molecule has 0 N–H and O–H groups in total. The van der Waals surface area contributed by atoms with Crippen molar-refractivity contribution in [2.75, 3.05) is 19.6 Å². The molecule has 100 valence electrons. The summed E-state index contributed by atoms with van der Waals surface area (Å²) in [5.41, 5.74) is 2.34. The number of nitrogens with zero attached hydrogens (tertiary/aromatic N) is 3. The molecule has 2 aliphatic heterocycles. The second-order valence-corrected chi connectivity index (χ2v) is 5.87. The van der Waals surface area contributed by atoms with E-state index < -0.39 is 0 Å². The number of aromatic nitrogens is 1. The lowest BCUT2D eigenvalue weighted by Crippen LogP contribution is -2.54. The van der Waals surface area contributed by atoms with Crippen molar-refractivity contribution >= 4 is 0 Å². The highest BCUT2D eigenvalue weighted by atomic mass is 16.5. The van der Waals surface area contributed by atoms with Crippen LogP contribution < -0.4 is 0 Å². The van der Waals surface area contributed by atoms with Gasteiger partial charge in [-0.15, -0.1) is 0 Å². The summed E-state index contributed by atoms with van der Waals surface area (Å²) in [5.74, 6) is 0.980. The van der Waals surface area contributed by atoms with Gasteiger partial charge in [0, 0.05) is 37.3 Å². The van der Waals surface area contributed by atoms with E-state index in [1.54, 1.807) is 0 Å². The molecule has 4 nitrogen and oxygen atoms in total. The molecular formula is C14H23N3O. The van der Waals surface area contributed by atoms with Crippen LogP contribution in [-0.4, -0.2) is 46.7 Å². The average molecular weight is 249 g/mol. The van der Waals surface area contributed by atoms with E-state index in [0.717, 1.165) is 24.0 Å². The highest BCUT2D eigenvalue weighted by Crippen LogP contribution is 2.26. The van der Waals surface area contributed by atoms with Gasteiger partial charge in [0.25, 0.3) is 0 Å². The van der Waals surface area contributed by atoms with Crippen molar-refractivity contribution in [3.05, 3.63) is 17.0 Å². The molecule has 4 heteroatoms. The van der Waals surface area contributed by atoms with E-state index in [9.17, 15) is 0 Å². The molecular weight excluding hydrogens is 226 g/mol. The predicted octanol–water partition coefficient (Wildman–Crippen LogP) is 1.96. The zero-order valence-electron chi connectivity index (χ0n) is 11.6. The number of hydrogen-bond donors (Lipinski definition) is 0. The molecule has 3 rings (SSSR count). The molecule has 0 radical (unpaired) electrons. The van der Waals surface area contributed by atoms with Crippen LogP contribution in [0.5, 0.6) is 0 Å². The molecule has 1 aromatic rings. The average Bonchev–Trinajstić information content (AvgIpc) is 2.90. The summed E-state index contributed by atoms with van der Waals surface area (Å²) in [7, 11) is 0. The summed E-state index contributed by atoms with van der Waals surface area (Å²) in [6.45, 7) is 11.1. The fraction of sp³-hybridized carbons (Fsp3) is 0.786. The minimum absolute atomic E-state index is 0.632. The Hall–Kier alpha value is -0.870. The lowest BCUT2D eigenvalue weighted by molar-refractivity contribution is 0.0536. The second kappa shape index (κ2) is 4.67. The Balaban J connectivity index is 1.72. The van der Waals surface area contributed by atoms with E-state index in [4.69, 9.17) is 4.52 Å². The highest BCUT2D eigenvalue weighted by molar-refractivity contribution is 5.20. The van der Waals surface area contributed by atoms with Gasteiger partial charge >= 0.3 is 0 Å². The van der Waals surface area contributed by atoms with E-state index in [0.29, 0.717) is 6.04 Å². The summed E-state index contributed by atoms with van der Waals surface area (Å²) in [6, 6.07) is 1.41. The van der Waals surface area contributed by atoms with E-state index in [1.807, 2.05) is 13.8 Å². The molecule has 1 aromatic heterocycles. The lowest BCUT2D eigenvalue weighted by atomic mass is 10.1. The molecule has 0 aliphatic carbocycles. The zero-order chi connectivity index (χ0) is 12.7. The molecule has 0 amide bonds. The molecule has 0 bridgehead atoms. The number of rotatable bonds is 2. The van der Waals surface area contributed by atoms with Crippen LogP contribution in [0, 0.1) is 13.8 Å². The van der Waals surface area contributed by atoms with E-state index >= 15 is 0 Å². The van der Waals surface area contributed by atoms with Gasteiger partial charge in [-0.05, 0) is 40.2 Å². The fourth-order valence-corrected chi connectivity index (χ4v) is 3.40. The number of piperazine rings is 1. The molecule has 3 heterocycles. The fourth-order valence-electron chi connectivity index (χ4n) is 3.40. The van der Waals surface area contributed by atoms with Crippen LogP contribution in [0.4, 0.5) is 0 Å². The number of aryl methyl sites for hydroxylation is 2. The minimum atomic E-state index is 0.632. The van der Waals surface area contributed by atoms with Crippen molar-refractivity contribution in [2.24, 2.45) is 0 Å². The van der Waals surface area contributed by atoms with Crippen molar-refractivity contribution in [1.29, 1.82) is 0 Å². The first kappa shape index (κ1) is 12.2. The van der Waals surface area contributed by atoms with Gasteiger partial charge in [0.2, 0.25) is 0 Å². The maximum absolute atomic E-state index is 5.27. The molecule has 0 saturated carbocycles. The highest BCUT2D eigenvalue weighted by Gasteiger charge is 2.34. The topological polar surface area (TPSA) is 32.5 Å². The Bertz CT molecular complexity index is 409. The smallest absolute Gasteiger partial charge is 0.138 e. The Morgan fingerprint density at radius 2 is 2.17 bits per heavy atom. The first-order valence-electron chi connectivity index (χ1n) is 7.05. The molecule has 2 fully saturated rings. The summed E-state index contributed by atoms with van der Waals surface area (Å²) in [6.07, 6.45) is 2.74. The molecule has 0 spiro atoms. The lowest BCUT2D eigenvalue weighted by Gasteiger charge is -2.42. The summed E-state index contributed by atoms with van der Waals surface area (Å²) in [5, 5.41) is 4.06. The van der Waals surface area contributed by atoms with Gasteiger partial charge in [-0.1, -0.05) is 5.16 Å². The van der Waals surface area contributed by atoms with Crippen molar-refractivity contribution in [1.82, 2.24) is 15.0 Å². The SMILES string of the molecule is Cc1noc(C)c1CN1CC2CCCN2CC1C.